The lowest BCUT2D eigenvalue weighted by Crippen LogP contribution is -1.84. The first-order chi connectivity index (χ1) is 6.86. The van der Waals surface area contributed by atoms with Gasteiger partial charge in [-0.05, 0) is 12.1 Å². The summed E-state index contributed by atoms with van der Waals surface area (Å²) in [6.45, 7) is 0. The lowest BCUT2D eigenvalue weighted by molar-refractivity contribution is 1.21. The van der Waals surface area contributed by atoms with E-state index in [2.05, 4.69) is 19.9 Å². The van der Waals surface area contributed by atoms with Crippen LogP contribution in [0.3, 0.4) is 0 Å². The van der Waals surface area contributed by atoms with Crippen LogP contribution in [-0.2, 0) is 0 Å². The second-order valence-corrected chi connectivity index (χ2v) is 3.38. The lowest BCUT2D eigenvalue weighted by atomic mass is 10.2. The van der Waals surface area contributed by atoms with Crippen LogP contribution < -0.4 is 0 Å². The molecule has 5 heteroatoms. The summed E-state index contributed by atoms with van der Waals surface area (Å²) in [6, 6.07) is 3.93. The van der Waals surface area contributed by atoms with Crippen molar-refractivity contribution >= 4 is 34.2 Å². The van der Waals surface area contributed by atoms with E-state index in [1.54, 1.807) is 12.7 Å². The molecule has 0 aliphatic carbocycles. The quantitative estimate of drug-likeness (QED) is 0.549. The van der Waals surface area contributed by atoms with Gasteiger partial charge in [-0.1, -0.05) is 12.2 Å². The number of hydrogen-bond donors (Lipinski definition) is 2. The predicted octanol–water partition coefficient (Wildman–Crippen LogP) is 2.17. The van der Waals surface area contributed by atoms with Gasteiger partial charge in [-0.25, -0.2) is 9.97 Å². The van der Waals surface area contributed by atoms with Gasteiger partial charge < -0.3 is 9.97 Å². The van der Waals surface area contributed by atoms with Gasteiger partial charge in [-0.15, -0.1) is 0 Å². The fourth-order valence-corrected chi connectivity index (χ4v) is 1.83. The summed E-state index contributed by atoms with van der Waals surface area (Å²) >= 11 is 5.16. The number of imidazole rings is 1. The monoisotopic (exact) mass is 202 g/mol. The smallest absolute Gasteiger partial charge is 0.139 e. The van der Waals surface area contributed by atoms with Gasteiger partial charge in [-0.2, -0.15) is 0 Å². The van der Waals surface area contributed by atoms with Gasteiger partial charge in [-0.3, -0.25) is 0 Å². The van der Waals surface area contributed by atoms with Crippen LogP contribution in [0.2, 0.25) is 0 Å². The molecule has 4 nitrogen and oxygen atoms in total. The van der Waals surface area contributed by atoms with Crippen LogP contribution in [0.25, 0.3) is 21.9 Å². The standard InChI is InChI=1S/C9H6N4S/c14-9-7-5(10-4-13-9)1-2-6-8(7)12-3-11-6/h1-4H,(H,11,12)(H,10,13,14). The largest absolute Gasteiger partial charge is 0.346 e. The van der Waals surface area contributed by atoms with Gasteiger partial charge in [0.1, 0.15) is 10.2 Å². The van der Waals surface area contributed by atoms with Gasteiger partial charge in [0, 0.05) is 0 Å². The average molecular weight is 202 g/mol. The molecular weight excluding hydrogens is 196 g/mol. The van der Waals surface area contributed by atoms with Crippen molar-refractivity contribution in [2.75, 3.05) is 0 Å². The second-order valence-electron chi connectivity index (χ2n) is 2.99. The van der Waals surface area contributed by atoms with E-state index in [-0.39, 0.29) is 0 Å². The normalized spacial score (nSPS) is 11.1. The Morgan fingerprint density at radius 3 is 2.64 bits per heavy atom. The third-order valence-electron chi connectivity index (χ3n) is 2.21. The molecule has 3 rings (SSSR count). The average Bonchev–Trinajstić information content (AvgIpc) is 2.65. The molecule has 0 aliphatic heterocycles. The Morgan fingerprint density at radius 2 is 1.71 bits per heavy atom. The molecule has 14 heavy (non-hydrogen) atoms. The van der Waals surface area contributed by atoms with Gasteiger partial charge in [0.15, 0.2) is 0 Å². The van der Waals surface area contributed by atoms with E-state index in [0.717, 1.165) is 21.9 Å². The molecule has 0 atom stereocenters. The SMILES string of the molecule is S=c1nc[nH]c2ccc3[nH]cnc3c12. The molecular formula is C9H6N4S. The first kappa shape index (κ1) is 7.64. The molecule has 2 aromatic heterocycles. The molecule has 2 heterocycles. The van der Waals surface area contributed by atoms with E-state index in [0.29, 0.717) is 4.64 Å². The van der Waals surface area contributed by atoms with Crippen molar-refractivity contribution < 1.29 is 0 Å². The van der Waals surface area contributed by atoms with Crippen molar-refractivity contribution in [2.24, 2.45) is 0 Å². The zero-order chi connectivity index (χ0) is 9.54. The van der Waals surface area contributed by atoms with Crippen LogP contribution in [-0.4, -0.2) is 19.9 Å². The predicted molar refractivity (Wildman–Crippen MR) is 56.6 cm³/mol. The minimum absolute atomic E-state index is 0.580. The molecule has 0 fully saturated rings. The highest BCUT2D eigenvalue weighted by Gasteiger charge is 2.03. The fourth-order valence-electron chi connectivity index (χ4n) is 1.57. The maximum absolute atomic E-state index is 5.16. The van der Waals surface area contributed by atoms with Crippen molar-refractivity contribution in [1.82, 2.24) is 19.9 Å². The summed E-state index contributed by atoms with van der Waals surface area (Å²) in [5.41, 5.74) is 2.81. The van der Waals surface area contributed by atoms with Crippen molar-refractivity contribution in [3.8, 4) is 0 Å². The highest BCUT2D eigenvalue weighted by Crippen LogP contribution is 2.20. The molecule has 0 aliphatic rings. The van der Waals surface area contributed by atoms with Crippen molar-refractivity contribution in [2.45, 2.75) is 0 Å². The van der Waals surface area contributed by atoms with Crippen LogP contribution in [0.1, 0.15) is 0 Å². The molecule has 0 saturated heterocycles. The number of H-pyrrole nitrogens is 2. The number of rotatable bonds is 0. The zero-order valence-electron chi connectivity index (χ0n) is 7.11. The van der Waals surface area contributed by atoms with E-state index < -0.39 is 0 Å². The second kappa shape index (κ2) is 2.62. The van der Waals surface area contributed by atoms with E-state index >= 15 is 0 Å². The molecule has 3 aromatic rings. The van der Waals surface area contributed by atoms with Crippen LogP contribution in [0.4, 0.5) is 0 Å². The number of fused-ring (bicyclic) bond motifs is 3. The number of aromatic nitrogens is 4. The van der Waals surface area contributed by atoms with Crippen LogP contribution in [0.5, 0.6) is 0 Å². The molecule has 0 bridgehead atoms. The molecule has 0 saturated carbocycles. The Balaban J connectivity index is 2.74. The van der Waals surface area contributed by atoms with Crippen LogP contribution in [0, 0.1) is 4.64 Å². The summed E-state index contributed by atoms with van der Waals surface area (Å²) in [5, 5.41) is 0.904. The van der Waals surface area contributed by atoms with Crippen LogP contribution >= 0.6 is 12.2 Å². The molecule has 0 amide bonds. The third kappa shape index (κ3) is 0.898. The van der Waals surface area contributed by atoms with E-state index in [4.69, 9.17) is 12.2 Å². The Labute approximate surface area is 84.0 Å². The van der Waals surface area contributed by atoms with E-state index in [9.17, 15) is 0 Å². The fraction of sp³-hybridized carbons (Fsp3) is 0. The number of nitrogens with zero attached hydrogens (tertiary/aromatic N) is 2. The maximum atomic E-state index is 5.16. The number of benzene rings is 1. The third-order valence-corrected chi connectivity index (χ3v) is 2.52. The Kier molecular flexibility index (Phi) is 1.43. The Morgan fingerprint density at radius 1 is 1.00 bits per heavy atom. The minimum Gasteiger partial charge on any atom is -0.346 e. The van der Waals surface area contributed by atoms with E-state index in [1.807, 2.05) is 12.1 Å². The summed E-state index contributed by atoms with van der Waals surface area (Å²) in [4.78, 5) is 14.3. The highest BCUT2D eigenvalue weighted by atomic mass is 32.1. The van der Waals surface area contributed by atoms with Crippen molar-refractivity contribution in [3.05, 3.63) is 29.4 Å². The number of aromatic amines is 2. The summed E-state index contributed by atoms with van der Waals surface area (Å²) in [6.07, 6.45) is 3.26. The van der Waals surface area contributed by atoms with Gasteiger partial charge in [0.25, 0.3) is 0 Å². The molecule has 0 unspecified atom stereocenters. The first-order valence-corrected chi connectivity index (χ1v) is 4.56. The van der Waals surface area contributed by atoms with Crippen molar-refractivity contribution in [3.63, 3.8) is 0 Å². The van der Waals surface area contributed by atoms with Gasteiger partial charge in [0.05, 0.1) is 29.1 Å². The van der Waals surface area contributed by atoms with Crippen molar-refractivity contribution in [1.29, 1.82) is 0 Å². The molecule has 2 N–H and O–H groups in total. The zero-order valence-corrected chi connectivity index (χ0v) is 7.93. The summed E-state index contributed by atoms with van der Waals surface area (Å²) in [7, 11) is 0. The Bertz CT molecular complexity index is 667. The Hall–Kier alpha value is -1.75. The topological polar surface area (TPSA) is 57.4 Å². The van der Waals surface area contributed by atoms with Gasteiger partial charge in [0.2, 0.25) is 0 Å². The summed E-state index contributed by atoms with van der Waals surface area (Å²) in [5.74, 6) is 0. The molecule has 0 spiro atoms. The molecule has 1 aromatic carbocycles. The highest BCUT2D eigenvalue weighted by molar-refractivity contribution is 7.71. The summed E-state index contributed by atoms with van der Waals surface area (Å²) < 4.78 is 0.580. The molecule has 0 radical (unpaired) electrons. The first-order valence-electron chi connectivity index (χ1n) is 4.16. The van der Waals surface area contributed by atoms with Crippen LogP contribution in [0.15, 0.2) is 24.8 Å². The number of nitrogens with one attached hydrogen (secondary N) is 2. The van der Waals surface area contributed by atoms with Gasteiger partial charge >= 0.3 is 0 Å². The minimum atomic E-state index is 0.580. The van der Waals surface area contributed by atoms with E-state index in [1.165, 1.54) is 0 Å². The lowest BCUT2D eigenvalue weighted by Gasteiger charge is -1.97. The number of hydrogen-bond acceptors (Lipinski definition) is 3. The molecule has 68 valence electrons. The maximum Gasteiger partial charge on any atom is 0.139 e.